The summed E-state index contributed by atoms with van der Waals surface area (Å²) in [6, 6.07) is 6.47. The van der Waals surface area contributed by atoms with E-state index in [0.29, 0.717) is 16.2 Å². The van der Waals surface area contributed by atoms with Crippen molar-refractivity contribution >= 4 is 34.2 Å². The molecule has 0 aliphatic heterocycles. The van der Waals surface area contributed by atoms with Crippen molar-refractivity contribution in [2.75, 3.05) is 5.32 Å². The van der Waals surface area contributed by atoms with Crippen LogP contribution in [0.1, 0.15) is 0 Å². The largest absolute Gasteiger partial charge is 0.333 e. The molecule has 16 heavy (non-hydrogen) atoms. The second-order valence-corrected chi connectivity index (χ2v) is 3.50. The molecular formula is C10H9ClN4O. The van der Waals surface area contributed by atoms with Crippen molar-refractivity contribution in [3.63, 3.8) is 0 Å². The Balaban J connectivity index is 2.54. The third kappa shape index (κ3) is 1.91. The number of hydrogen-bond acceptors (Lipinski definition) is 3. The summed E-state index contributed by atoms with van der Waals surface area (Å²) in [6.07, 6.45) is 1.63. The molecule has 6 heteroatoms. The van der Waals surface area contributed by atoms with Crippen molar-refractivity contribution in [2.45, 2.75) is 0 Å². The number of urea groups is 1. The van der Waals surface area contributed by atoms with E-state index in [0.717, 1.165) is 5.39 Å². The number of nitrogens with two attached hydrogens (primary N) is 1. The first kappa shape index (κ1) is 10.7. The SMILES string of the molecule is NNC(=O)Nc1ccc(Cl)c2cccnc12. The van der Waals surface area contributed by atoms with Gasteiger partial charge in [-0.25, -0.2) is 10.6 Å². The van der Waals surface area contributed by atoms with Gasteiger partial charge in [-0.05, 0) is 24.3 Å². The van der Waals surface area contributed by atoms with E-state index in [-0.39, 0.29) is 0 Å². The number of fused-ring (bicyclic) bond motifs is 1. The first-order valence-electron chi connectivity index (χ1n) is 4.53. The minimum absolute atomic E-state index is 0.505. The number of anilines is 1. The fourth-order valence-electron chi connectivity index (χ4n) is 1.40. The van der Waals surface area contributed by atoms with E-state index < -0.39 is 6.03 Å². The molecule has 1 aromatic carbocycles. The van der Waals surface area contributed by atoms with Crippen LogP contribution in [0.4, 0.5) is 10.5 Å². The van der Waals surface area contributed by atoms with Crippen molar-refractivity contribution in [2.24, 2.45) is 5.84 Å². The molecule has 0 spiro atoms. The van der Waals surface area contributed by atoms with Gasteiger partial charge >= 0.3 is 6.03 Å². The minimum Gasteiger partial charge on any atom is -0.305 e. The number of aromatic nitrogens is 1. The summed E-state index contributed by atoms with van der Waals surface area (Å²) < 4.78 is 0. The summed E-state index contributed by atoms with van der Waals surface area (Å²) >= 11 is 6.01. The summed E-state index contributed by atoms with van der Waals surface area (Å²) in [5.41, 5.74) is 3.16. The van der Waals surface area contributed by atoms with E-state index in [2.05, 4.69) is 10.3 Å². The second-order valence-electron chi connectivity index (χ2n) is 3.09. The van der Waals surface area contributed by atoms with E-state index in [1.54, 1.807) is 24.4 Å². The van der Waals surface area contributed by atoms with Crippen molar-refractivity contribution in [3.8, 4) is 0 Å². The molecule has 1 heterocycles. The molecule has 0 aliphatic rings. The molecule has 0 unspecified atom stereocenters. The Morgan fingerprint density at radius 3 is 2.94 bits per heavy atom. The van der Waals surface area contributed by atoms with Crippen LogP contribution in [0.2, 0.25) is 5.02 Å². The summed E-state index contributed by atoms with van der Waals surface area (Å²) in [4.78, 5) is 15.3. The molecule has 0 saturated carbocycles. The van der Waals surface area contributed by atoms with E-state index >= 15 is 0 Å². The van der Waals surface area contributed by atoms with Crippen LogP contribution in [0, 0.1) is 0 Å². The van der Waals surface area contributed by atoms with Crippen LogP contribution < -0.4 is 16.6 Å². The smallest absolute Gasteiger partial charge is 0.305 e. The van der Waals surface area contributed by atoms with E-state index in [1.165, 1.54) is 0 Å². The molecule has 0 bridgehead atoms. The molecule has 5 nitrogen and oxygen atoms in total. The number of amides is 2. The van der Waals surface area contributed by atoms with Crippen molar-refractivity contribution < 1.29 is 4.79 Å². The molecule has 2 amide bonds. The van der Waals surface area contributed by atoms with Gasteiger partial charge in [0, 0.05) is 11.6 Å². The Bertz CT molecular complexity index is 543. The molecule has 0 aliphatic carbocycles. The number of halogens is 1. The Kier molecular flexibility index (Phi) is 2.89. The Morgan fingerprint density at radius 2 is 2.19 bits per heavy atom. The molecule has 0 saturated heterocycles. The monoisotopic (exact) mass is 236 g/mol. The zero-order valence-corrected chi connectivity index (χ0v) is 8.95. The zero-order chi connectivity index (χ0) is 11.5. The number of hydrogen-bond donors (Lipinski definition) is 3. The lowest BCUT2D eigenvalue weighted by Crippen LogP contribution is -2.34. The predicted octanol–water partition coefficient (Wildman–Crippen LogP) is 1.88. The summed E-state index contributed by atoms with van der Waals surface area (Å²) in [5.74, 6) is 4.99. The van der Waals surface area contributed by atoms with Gasteiger partial charge in [-0.3, -0.25) is 10.4 Å². The van der Waals surface area contributed by atoms with Crippen molar-refractivity contribution in [1.29, 1.82) is 0 Å². The quantitative estimate of drug-likeness (QED) is 0.402. The summed E-state index contributed by atoms with van der Waals surface area (Å²) in [5, 5.41) is 3.93. The number of carbonyl (C=O) groups excluding carboxylic acids is 1. The molecule has 0 atom stereocenters. The highest BCUT2D eigenvalue weighted by molar-refractivity contribution is 6.35. The molecule has 0 fully saturated rings. The minimum atomic E-state index is -0.505. The van der Waals surface area contributed by atoms with E-state index in [9.17, 15) is 4.79 Å². The van der Waals surface area contributed by atoms with Crippen LogP contribution in [0.15, 0.2) is 30.5 Å². The van der Waals surface area contributed by atoms with Gasteiger partial charge in [0.25, 0.3) is 0 Å². The number of carbonyl (C=O) groups is 1. The van der Waals surface area contributed by atoms with Crippen LogP contribution in [-0.2, 0) is 0 Å². The van der Waals surface area contributed by atoms with Gasteiger partial charge in [-0.1, -0.05) is 11.6 Å². The van der Waals surface area contributed by atoms with Crippen LogP contribution in [0.3, 0.4) is 0 Å². The third-order valence-corrected chi connectivity index (χ3v) is 2.43. The maximum atomic E-state index is 11.1. The fraction of sp³-hybridized carbons (Fsp3) is 0. The van der Waals surface area contributed by atoms with Crippen molar-refractivity contribution in [3.05, 3.63) is 35.5 Å². The Morgan fingerprint density at radius 1 is 1.38 bits per heavy atom. The van der Waals surface area contributed by atoms with Gasteiger partial charge < -0.3 is 5.32 Å². The lowest BCUT2D eigenvalue weighted by Gasteiger charge is -2.08. The van der Waals surface area contributed by atoms with Crippen molar-refractivity contribution in [1.82, 2.24) is 10.4 Å². The van der Waals surface area contributed by atoms with Gasteiger partial charge in [-0.2, -0.15) is 0 Å². The molecule has 2 rings (SSSR count). The highest BCUT2D eigenvalue weighted by Crippen LogP contribution is 2.27. The van der Waals surface area contributed by atoms with Gasteiger partial charge in [-0.15, -0.1) is 0 Å². The van der Waals surface area contributed by atoms with Crippen LogP contribution >= 0.6 is 11.6 Å². The van der Waals surface area contributed by atoms with Gasteiger partial charge in [0.2, 0.25) is 0 Å². The maximum absolute atomic E-state index is 11.1. The lowest BCUT2D eigenvalue weighted by atomic mass is 10.2. The number of pyridine rings is 1. The molecule has 1 aromatic heterocycles. The Hall–Kier alpha value is -1.85. The fourth-order valence-corrected chi connectivity index (χ4v) is 1.61. The standard InChI is InChI=1S/C10H9ClN4O/c11-7-3-4-8(14-10(16)15-12)9-6(7)2-1-5-13-9/h1-5H,12H2,(H2,14,15,16). The highest BCUT2D eigenvalue weighted by atomic mass is 35.5. The van der Waals surface area contributed by atoms with Gasteiger partial charge in [0.15, 0.2) is 0 Å². The second kappa shape index (κ2) is 4.34. The first-order valence-corrected chi connectivity index (χ1v) is 4.91. The van der Waals surface area contributed by atoms with Gasteiger partial charge in [0.05, 0.1) is 16.2 Å². The number of hydrazine groups is 1. The average molecular weight is 237 g/mol. The number of nitrogens with one attached hydrogen (secondary N) is 2. The van der Waals surface area contributed by atoms with E-state index in [1.807, 2.05) is 11.5 Å². The normalized spacial score (nSPS) is 10.1. The molecule has 2 aromatic rings. The molecular weight excluding hydrogens is 228 g/mol. The number of benzene rings is 1. The third-order valence-electron chi connectivity index (χ3n) is 2.10. The number of rotatable bonds is 1. The number of nitrogens with zero attached hydrogens (tertiary/aromatic N) is 1. The Labute approximate surface area is 96.6 Å². The lowest BCUT2D eigenvalue weighted by molar-refractivity contribution is 0.252. The highest BCUT2D eigenvalue weighted by Gasteiger charge is 2.07. The van der Waals surface area contributed by atoms with Crippen LogP contribution in [0.25, 0.3) is 10.9 Å². The van der Waals surface area contributed by atoms with Gasteiger partial charge in [0.1, 0.15) is 0 Å². The predicted molar refractivity (Wildman–Crippen MR) is 63.1 cm³/mol. The molecule has 82 valence electrons. The van der Waals surface area contributed by atoms with Crippen LogP contribution in [-0.4, -0.2) is 11.0 Å². The van der Waals surface area contributed by atoms with E-state index in [4.69, 9.17) is 17.4 Å². The summed E-state index contributed by atoms with van der Waals surface area (Å²) in [7, 11) is 0. The molecule has 4 N–H and O–H groups in total. The summed E-state index contributed by atoms with van der Waals surface area (Å²) in [6.45, 7) is 0. The molecule has 0 radical (unpaired) electrons. The van der Waals surface area contributed by atoms with Crippen LogP contribution in [0.5, 0.6) is 0 Å². The maximum Gasteiger partial charge on any atom is 0.333 e. The average Bonchev–Trinajstić information content (AvgIpc) is 2.33. The topological polar surface area (TPSA) is 80.0 Å². The zero-order valence-electron chi connectivity index (χ0n) is 8.20. The first-order chi connectivity index (χ1) is 7.72.